The van der Waals surface area contributed by atoms with E-state index in [1.54, 1.807) is 13.0 Å². The van der Waals surface area contributed by atoms with Gasteiger partial charge < -0.3 is 4.74 Å². The lowest BCUT2D eigenvalue weighted by Gasteiger charge is -2.05. The van der Waals surface area contributed by atoms with E-state index in [1.165, 1.54) is 29.5 Å². The van der Waals surface area contributed by atoms with Crippen molar-refractivity contribution in [2.75, 3.05) is 6.61 Å². The number of amides is 1. The van der Waals surface area contributed by atoms with Crippen molar-refractivity contribution in [3.63, 3.8) is 0 Å². The number of aromatic nitrogens is 1. The maximum absolute atomic E-state index is 13.0. The van der Waals surface area contributed by atoms with Gasteiger partial charge in [-0.2, -0.15) is 5.10 Å². The van der Waals surface area contributed by atoms with E-state index in [0.29, 0.717) is 5.71 Å². The number of halogens is 1. The molecule has 2 aromatic carbocycles. The third-order valence-electron chi connectivity index (χ3n) is 3.12. The molecule has 3 aromatic rings. The van der Waals surface area contributed by atoms with Gasteiger partial charge in [-0.15, -0.1) is 11.3 Å². The van der Waals surface area contributed by atoms with Crippen LogP contribution in [-0.2, 0) is 4.79 Å². The molecule has 0 aliphatic heterocycles. The molecule has 0 saturated heterocycles. The average molecular weight is 343 g/mol. The molecule has 122 valence electrons. The number of para-hydroxylation sites is 1. The van der Waals surface area contributed by atoms with Crippen LogP contribution in [0.3, 0.4) is 0 Å². The lowest BCUT2D eigenvalue weighted by Crippen LogP contribution is -2.25. The monoisotopic (exact) mass is 343 g/mol. The molecule has 0 fully saturated rings. The first-order chi connectivity index (χ1) is 11.6. The van der Waals surface area contributed by atoms with Gasteiger partial charge in [0.2, 0.25) is 0 Å². The van der Waals surface area contributed by atoms with Gasteiger partial charge in [0, 0.05) is 6.07 Å². The lowest BCUT2D eigenvalue weighted by molar-refractivity contribution is -0.123. The van der Waals surface area contributed by atoms with E-state index >= 15 is 0 Å². The van der Waals surface area contributed by atoms with Gasteiger partial charge in [-0.1, -0.05) is 18.2 Å². The minimum absolute atomic E-state index is 0.250. The molecule has 0 radical (unpaired) electrons. The molecule has 0 aliphatic carbocycles. The van der Waals surface area contributed by atoms with Crippen molar-refractivity contribution in [3.05, 3.63) is 59.4 Å². The molecule has 3 rings (SSSR count). The van der Waals surface area contributed by atoms with Crippen LogP contribution in [0.15, 0.2) is 53.6 Å². The molecule has 0 saturated carbocycles. The fourth-order valence-electron chi connectivity index (χ4n) is 1.96. The van der Waals surface area contributed by atoms with Crippen molar-refractivity contribution in [3.8, 4) is 5.75 Å². The van der Waals surface area contributed by atoms with Crippen LogP contribution < -0.4 is 10.2 Å². The summed E-state index contributed by atoms with van der Waals surface area (Å²) in [7, 11) is 0. The summed E-state index contributed by atoms with van der Waals surface area (Å²) in [6.45, 7) is 1.52. The Hall–Kier alpha value is -2.80. The van der Waals surface area contributed by atoms with E-state index in [1.807, 2.05) is 24.3 Å². The molecule has 1 aromatic heterocycles. The zero-order chi connectivity index (χ0) is 16.9. The molecule has 0 spiro atoms. The van der Waals surface area contributed by atoms with Gasteiger partial charge in [-0.3, -0.25) is 4.79 Å². The van der Waals surface area contributed by atoms with E-state index in [0.717, 1.165) is 15.2 Å². The summed E-state index contributed by atoms with van der Waals surface area (Å²) in [6.07, 6.45) is 0. The van der Waals surface area contributed by atoms with Crippen LogP contribution in [0.5, 0.6) is 5.75 Å². The second-order valence-electron chi connectivity index (χ2n) is 4.96. The largest absolute Gasteiger partial charge is 0.484 e. The number of carbonyl (C=O) groups is 1. The first-order valence-corrected chi connectivity index (χ1v) is 8.01. The number of thiazole rings is 1. The zero-order valence-electron chi connectivity index (χ0n) is 12.8. The molecule has 1 heterocycles. The fraction of sp³-hybridized carbons (Fsp3) is 0.118. The number of ether oxygens (including phenoxy) is 1. The third kappa shape index (κ3) is 3.94. The first kappa shape index (κ1) is 16.1. The van der Waals surface area contributed by atoms with Crippen molar-refractivity contribution in [2.45, 2.75) is 6.92 Å². The summed E-state index contributed by atoms with van der Waals surface area (Å²) in [5.41, 5.74) is 3.91. The van der Waals surface area contributed by atoms with E-state index in [2.05, 4.69) is 15.5 Å². The molecular formula is C17H14FN3O2S. The van der Waals surface area contributed by atoms with Crippen molar-refractivity contribution in [2.24, 2.45) is 5.10 Å². The van der Waals surface area contributed by atoms with Crippen molar-refractivity contribution in [1.82, 2.24) is 10.4 Å². The number of carbonyl (C=O) groups excluding carboxylic acids is 1. The van der Waals surface area contributed by atoms with Crippen LogP contribution in [0, 0.1) is 5.82 Å². The molecule has 1 N–H and O–H groups in total. The second-order valence-corrected chi connectivity index (χ2v) is 6.00. The number of hydrazone groups is 1. The van der Waals surface area contributed by atoms with Gasteiger partial charge in [-0.25, -0.2) is 14.8 Å². The number of rotatable bonds is 5. The minimum Gasteiger partial charge on any atom is -0.484 e. The topological polar surface area (TPSA) is 63.6 Å². The average Bonchev–Trinajstić information content (AvgIpc) is 3.02. The number of nitrogens with one attached hydrogen (secondary N) is 1. The summed E-state index contributed by atoms with van der Waals surface area (Å²) in [4.78, 5) is 16.2. The Labute approximate surface area is 141 Å². The van der Waals surface area contributed by atoms with Gasteiger partial charge in [-0.05, 0) is 31.2 Å². The molecule has 0 unspecified atom stereocenters. The van der Waals surface area contributed by atoms with E-state index in [9.17, 15) is 9.18 Å². The summed E-state index contributed by atoms with van der Waals surface area (Å²) in [6, 6.07) is 13.4. The fourth-order valence-corrected chi connectivity index (χ4v) is 2.87. The minimum atomic E-state index is -0.431. The molecule has 24 heavy (non-hydrogen) atoms. The Morgan fingerprint density at radius 1 is 1.29 bits per heavy atom. The summed E-state index contributed by atoms with van der Waals surface area (Å²) >= 11 is 1.50. The van der Waals surface area contributed by atoms with Crippen LogP contribution >= 0.6 is 11.3 Å². The number of hydrogen-bond donors (Lipinski definition) is 1. The van der Waals surface area contributed by atoms with Gasteiger partial charge in [0.15, 0.2) is 6.61 Å². The lowest BCUT2D eigenvalue weighted by atomic mass is 10.3. The Morgan fingerprint density at radius 2 is 2.12 bits per heavy atom. The van der Waals surface area contributed by atoms with Crippen LogP contribution in [0.25, 0.3) is 10.2 Å². The number of hydrogen-bond acceptors (Lipinski definition) is 5. The Bertz CT molecular complexity index is 874. The van der Waals surface area contributed by atoms with E-state index in [4.69, 9.17) is 4.74 Å². The summed E-state index contributed by atoms with van der Waals surface area (Å²) in [5.74, 6) is -0.561. The highest BCUT2D eigenvalue weighted by atomic mass is 32.1. The van der Waals surface area contributed by atoms with Gasteiger partial charge >= 0.3 is 0 Å². The predicted molar refractivity (Wildman–Crippen MR) is 91.9 cm³/mol. The maximum Gasteiger partial charge on any atom is 0.277 e. The molecule has 5 nitrogen and oxygen atoms in total. The summed E-state index contributed by atoms with van der Waals surface area (Å²) in [5, 5.41) is 4.77. The Balaban J connectivity index is 1.58. The third-order valence-corrected chi connectivity index (χ3v) is 4.26. The maximum atomic E-state index is 13.0. The highest BCUT2D eigenvalue weighted by molar-refractivity contribution is 7.20. The van der Waals surface area contributed by atoms with Gasteiger partial charge in [0.25, 0.3) is 5.91 Å². The molecule has 0 bridgehead atoms. The van der Waals surface area contributed by atoms with Crippen molar-refractivity contribution >= 4 is 33.2 Å². The smallest absolute Gasteiger partial charge is 0.277 e. The Kier molecular flexibility index (Phi) is 4.81. The SMILES string of the molecule is C/C(=N/NC(=O)COc1cccc(F)c1)c1nc2ccccc2s1. The van der Waals surface area contributed by atoms with Crippen LogP contribution in [0.4, 0.5) is 4.39 Å². The molecule has 1 amide bonds. The molecule has 0 aliphatic rings. The van der Waals surface area contributed by atoms with E-state index in [-0.39, 0.29) is 12.4 Å². The molecule has 0 atom stereocenters. The molecule has 7 heteroatoms. The number of nitrogens with zero attached hydrogens (tertiary/aromatic N) is 2. The van der Waals surface area contributed by atoms with E-state index < -0.39 is 11.7 Å². The predicted octanol–water partition coefficient (Wildman–Crippen LogP) is 3.35. The van der Waals surface area contributed by atoms with Crippen LogP contribution in [-0.4, -0.2) is 23.2 Å². The first-order valence-electron chi connectivity index (χ1n) is 7.19. The normalized spacial score (nSPS) is 11.5. The highest BCUT2D eigenvalue weighted by Crippen LogP contribution is 2.21. The van der Waals surface area contributed by atoms with Gasteiger partial charge in [0.1, 0.15) is 16.6 Å². The van der Waals surface area contributed by atoms with Crippen molar-refractivity contribution in [1.29, 1.82) is 0 Å². The highest BCUT2D eigenvalue weighted by Gasteiger charge is 2.07. The number of fused-ring (bicyclic) bond motifs is 1. The zero-order valence-corrected chi connectivity index (χ0v) is 13.6. The second kappa shape index (κ2) is 7.18. The summed E-state index contributed by atoms with van der Waals surface area (Å²) < 4.78 is 19.3. The molecular weight excluding hydrogens is 329 g/mol. The quantitative estimate of drug-likeness (QED) is 0.571. The Morgan fingerprint density at radius 3 is 2.92 bits per heavy atom. The van der Waals surface area contributed by atoms with Crippen molar-refractivity contribution < 1.29 is 13.9 Å². The van der Waals surface area contributed by atoms with Crippen LogP contribution in [0.1, 0.15) is 11.9 Å². The van der Waals surface area contributed by atoms with Crippen LogP contribution in [0.2, 0.25) is 0 Å². The number of benzene rings is 2. The standard InChI is InChI=1S/C17H14FN3O2S/c1-11(17-19-14-7-2-3-8-15(14)24-17)20-21-16(22)10-23-13-6-4-5-12(18)9-13/h2-9H,10H2,1H3,(H,21,22)/b20-11-. The van der Waals surface area contributed by atoms with Gasteiger partial charge in [0.05, 0.1) is 15.9 Å².